The Kier molecular flexibility index (Phi) is 3.67. The molecule has 134 valence electrons. The zero-order valence-corrected chi connectivity index (χ0v) is 14.4. The fourth-order valence-electron chi connectivity index (χ4n) is 3.03. The predicted octanol–water partition coefficient (Wildman–Crippen LogP) is 1.73. The smallest absolute Gasteiger partial charge is 0.337 e. The molecule has 0 bridgehead atoms. The summed E-state index contributed by atoms with van der Waals surface area (Å²) in [4.78, 5) is 48.1. The lowest BCUT2D eigenvalue weighted by Gasteiger charge is -2.15. The van der Waals surface area contributed by atoms with Crippen molar-refractivity contribution in [3.63, 3.8) is 0 Å². The summed E-state index contributed by atoms with van der Waals surface area (Å²) >= 11 is 1.47. The number of carboxylic acids is 1. The highest BCUT2D eigenvalue weighted by Gasteiger charge is 2.32. The first-order valence-corrected chi connectivity index (χ1v) is 8.64. The van der Waals surface area contributed by atoms with Crippen LogP contribution in [-0.4, -0.2) is 27.5 Å². The van der Waals surface area contributed by atoms with Crippen molar-refractivity contribution < 1.29 is 19.5 Å². The number of pyridine rings is 1. The molecule has 1 aliphatic heterocycles. The Bertz CT molecular complexity index is 1190. The van der Waals surface area contributed by atoms with Crippen LogP contribution in [0.3, 0.4) is 0 Å². The molecule has 3 heterocycles. The van der Waals surface area contributed by atoms with Crippen LogP contribution >= 0.6 is 11.3 Å². The second-order valence-corrected chi connectivity index (χ2v) is 6.60. The number of anilines is 1. The molecule has 1 aromatic carbocycles. The number of thiophene rings is 1. The lowest BCUT2D eigenvalue weighted by molar-refractivity contribution is 0.0696. The summed E-state index contributed by atoms with van der Waals surface area (Å²) in [6.45, 7) is 0. The van der Waals surface area contributed by atoms with E-state index >= 15 is 0 Å². The van der Waals surface area contributed by atoms with Gasteiger partial charge >= 0.3 is 5.97 Å². The maximum Gasteiger partial charge on any atom is 0.337 e. The molecular formula is C18H11N3O5S. The van der Waals surface area contributed by atoms with E-state index in [1.165, 1.54) is 23.5 Å². The summed E-state index contributed by atoms with van der Waals surface area (Å²) in [5.41, 5.74) is 6.43. The SMILES string of the molecule is Nc1c2c(cc(=O)n1-c1cc(-c3ccsc3)ccc1C(=O)O)C(=O)NC2=O. The lowest BCUT2D eigenvalue weighted by Crippen LogP contribution is -2.25. The Balaban J connectivity index is 2.04. The highest BCUT2D eigenvalue weighted by atomic mass is 32.1. The molecule has 0 atom stereocenters. The minimum atomic E-state index is -1.26. The first-order valence-electron chi connectivity index (χ1n) is 7.70. The molecule has 0 fully saturated rings. The molecule has 8 nitrogen and oxygen atoms in total. The summed E-state index contributed by atoms with van der Waals surface area (Å²) < 4.78 is 0.941. The van der Waals surface area contributed by atoms with Crippen molar-refractivity contribution in [3.05, 3.63) is 68.1 Å². The van der Waals surface area contributed by atoms with E-state index < -0.39 is 23.3 Å². The van der Waals surface area contributed by atoms with Gasteiger partial charge in [-0.2, -0.15) is 11.3 Å². The number of carboxylic acid groups (broad SMARTS) is 1. The van der Waals surface area contributed by atoms with Crippen molar-refractivity contribution >= 4 is 34.9 Å². The molecule has 27 heavy (non-hydrogen) atoms. The maximum atomic E-state index is 12.6. The Hall–Kier alpha value is -3.72. The van der Waals surface area contributed by atoms with E-state index in [0.29, 0.717) is 5.56 Å². The summed E-state index contributed by atoms with van der Waals surface area (Å²) in [7, 11) is 0. The summed E-state index contributed by atoms with van der Waals surface area (Å²) in [6.07, 6.45) is 0. The van der Waals surface area contributed by atoms with Gasteiger partial charge in [-0.05, 0) is 40.1 Å². The normalized spacial score (nSPS) is 12.7. The van der Waals surface area contributed by atoms with Crippen molar-refractivity contribution in [3.8, 4) is 16.8 Å². The van der Waals surface area contributed by atoms with Gasteiger partial charge in [0.1, 0.15) is 5.82 Å². The van der Waals surface area contributed by atoms with Crippen LogP contribution in [0.25, 0.3) is 16.8 Å². The Morgan fingerprint density at radius 1 is 1.07 bits per heavy atom. The highest BCUT2D eigenvalue weighted by molar-refractivity contribution is 7.08. The van der Waals surface area contributed by atoms with Gasteiger partial charge in [0.25, 0.3) is 17.4 Å². The average molecular weight is 381 g/mol. The minimum Gasteiger partial charge on any atom is -0.478 e. The van der Waals surface area contributed by atoms with E-state index in [2.05, 4.69) is 5.32 Å². The largest absolute Gasteiger partial charge is 0.478 e. The van der Waals surface area contributed by atoms with Crippen LogP contribution in [0.15, 0.2) is 45.9 Å². The molecule has 1 aliphatic rings. The van der Waals surface area contributed by atoms with Crippen LogP contribution in [0.2, 0.25) is 0 Å². The molecule has 2 aromatic heterocycles. The van der Waals surface area contributed by atoms with Crippen LogP contribution in [0.4, 0.5) is 5.82 Å². The van der Waals surface area contributed by atoms with Gasteiger partial charge in [-0.15, -0.1) is 0 Å². The number of fused-ring (bicyclic) bond motifs is 1. The number of hydrogen-bond donors (Lipinski definition) is 3. The Morgan fingerprint density at radius 2 is 1.85 bits per heavy atom. The average Bonchev–Trinajstić information content (AvgIpc) is 3.23. The van der Waals surface area contributed by atoms with Gasteiger partial charge in [-0.25, -0.2) is 4.79 Å². The third kappa shape index (κ3) is 2.52. The van der Waals surface area contributed by atoms with Crippen LogP contribution < -0.4 is 16.6 Å². The van der Waals surface area contributed by atoms with Crippen molar-refractivity contribution in [2.45, 2.75) is 0 Å². The molecule has 3 aromatic rings. The molecule has 4 N–H and O–H groups in total. The third-order valence-corrected chi connectivity index (χ3v) is 4.96. The van der Waals surface area contributed by atoms with Gasteiger partial charge in [0.05, 0.1) is 22.4 Å². The van der Waals surface area contributed by atoms with E-state index in [1.54, 1.807) is 6.07 Å². The molecule has 4 rings (SSSR count). The number of nitrogens with zero attached hydrogens (tertiary/aromatic N) is 1. The number of aromatic carboxylic acids is 1. The molecule has 0 saturated carbocycles. The molecule has 0 aliphatic carbocycles. The number of imide groups is 1. The van der Waals surface area contributed by atoms with Crippen LogP contribution in [-0.2, 0) is 0 Å². The maximum absolute atomic E-state index is 12.6. The Morgan fingerprint density at radius 3 is 2.52 bits per heavy atom. The molecule has 0 saturated heterocycles. The number of benzene rings is 1. The molecule has 0 radical (unpaired) electrons. The standard InChI is InChI=1S/C18H11N3O5S/c19-15-14-11(16(23)20-17(14)24)6-13(22)21(15)12-5-8(9-3-4-27-7-9)1-2-10(12)18(25)26/h1-7H,19H2,(H,25,26)(H,20,23,24). The summed E-state index contributed by atoms with van der Waals surface area (Å²) in [5.74, 6) is -2.98. The minimum absolute atomic E-state index is 0.0173. The molecule has 2 amide bonds. The van der Waals surface area contributed by atoms with Gasteiger partial charge in [-0.1, -0.05) is 6.07 Å². The van der Waals surface area contributed by atoms with Crippen LogP contribution in [0, 0.1) is 0 Å². The van der Waals surface area contributed by atoms with E-state index in [0.717, 1.165) is 16.2 Å². The topological polar surface area (TPSA) is 131 Å². The van der Waals surface area contributed by atoms with Gasteiger partial charge in [-0.3, -0.25) is 24.3 Å². The first-order chi connectivity index (χ1) is 12.9. The summed E-state index contributed by atoms with van der Waals surface area (Å²) in [5, 5.41) is 15.3. The van der Waals surface area contributed by atoms with Crippen molar-refractivity contribution in [1.82, 2.24) is 9.88 Å². The van der Waals surface area contributed by atoms with Gasteiger partial charge in [0, 0.05) is 6.07 Å². The number of nitrogens with two attached hydrogens (primary N) is 1. The van der Waals surface area contributed by atoms with Crippen LogP contribution in [0.1, 0.15) is 31.1 Å². The van der Waals surface area contributed by atoms with E-state index in [9.17, 15) is 24.3 Å². The van der Waals surface area contributed by atoms with Gasteiger partial charge < -0.3 is 10.8 Å². The number of nitrogen functional groups attached to an aromatic ring is 1. The fourth-order valence-corrected chi connectivity index (χ4v) is 3.70. The highest BCUT2D eigenvalue weighted by Crippen LogP contribution is 2.29. The molecule has 0 spiro atoms. The second kappa shape index (κ2) is 5.92. The van der Waals surface area contributed by atoms with Gasteiger partial charge in [0.2, 0.25) is 0 Å². The van der Waals surface area contributed by atoms with Crippen molar-refractivity contribution in [2.24, 2.45) is 0 Å². The van der Waals surface area contributed by atoms with Crippen molar-refractivity contribution in [2.75, 3.05) is 5.73 Å². The number of hydrogen-bond acceptors (Lipinski definition) is 6. The zero-order chi connectivity index (χ0) is 19.3. The number of nitrogens with one attached hydrogen (secondary N) is 1. The first kappa shape index (κ1) is 16.7. The number of carbonyl (C=O) groups excluding carboxylic acids is 2. The fraction of sp³-hybridized carbons (Fsp3) is 0. The quantitative estimate of drug-likeness (QED) is 0.592. The summed E-state index contributed by atoms with van der Waals surface area (Å²) in [6, 6.07) is 7.35. The third-order valence-electron chi connectivity index (χ3n) is 4.28. The number of rotatable bonds is 3. The van der Waals surface area contributed by atoms with E-state index in [-0.39, 0.29) is 28.2 Å². The predicted molar refractivity (Wildman–Crippen MR) is 98.5 cm³/mol. The molecule has 9 heteroatoms. The van der Waals surface area contributed by atoms with E-state index in [1.807, 2.05) is 16.8 Å². The van der Waals surface area contributed by atoms with E-state index in [4.69, 9.17) is 5.73 Å². The molecule has 0 unspecified atom stereocenters. The number of amides is 2. The van der Waals surface area contributed by atoms with Crippen molar-refractivity contribution in [1.29, 1.82) is 0 Å². The monoisotopic (exact) mass is 381 g/mol. The Labute approximate surface area is 155 Å². The lowest BCUT2D eigenvalue weighted by atomic mass is 10.0. The molecular weight excluding hydrogens is 370 g/mol. The van der Waals surface area contributed by atoms with Crippen LogP contribution in [0.5, 0.6) is 0 Å². The number of aromatic nitrogens is 1. The van der Waals surface area contributed by atoms with Gasteiger partial charge in [0.15, 0.2) is 0 Å². The zero-order valence-electron chi connectivity index (χ0n) is 13.6. The number of carbonyl (C=O) groups is 3. The second-order valence-electron chi connectivity index (χ2n) is 5.82.